The molecule has 1 heterocycles. The Labute approximate surface area is 241 Å². The lowest BCUT2D eigenvalue weighted by Gasteiger charge is -2.40. The standard InChI is InChI=1S/C31H26ClFN4O4/c1-17-12-19(16-41-22-9-6-20(33)7-10-22)18(2)23(13-17)29-24(15-34)31(35)36(26-4-3-5-28(38)30(26)29)27-14-21(37(39)40)8-11-25(27)32/h6-14,29H,3-5,16,35H2,1-2H3. The summed E-state index contributed by atoms with van der Waals surface area (Å²) in [7, 11) is 0. The molecule has 0 spiro atoms. The Morgan fingerprint density at radius 3 is 2.59 bits per heavy atom. The first-order valence-electron chi connectivity index (χ1n) is 13.0. The number of hydrogen-bond acceptors (Lipinski definition) is 7. The molecule has 0 amide bonds. The van der Waals surface area contributed by atoms with Gasteiger partial charge in [-0.2, -0.15) is 5.26 Å². The lowest BCUT2D eigenvalue weighted by molar-refractivity contribution is -0.384. The van der Waals surface area contributed by atoms with E-state index in [-0.39, 0.29) is 46.0 Å². The number of nitrogens with two attached hydrogens (primary N) is 1. The van der Waals surface area contributed by atoms with Crippen molar-refractivity contribution < 1.29 is 18.8 Å². The maximum Gasteiger partial charge on any atom is 0.271 e. The molecular weight excluding hydrogens is 547 g/mol. The van der Waals surface area contributed by atoms with Crippen LogP contribution in [0, 0.1) is 41.1 Å². The van der Waals surface area contributed by atoms with Crippen LogP contribution in [0.25, 0.3) is 0 Å². The number of Topliss-reactive ketones (excluding diaryl/α,β-unsaturated/α-hetero) is 1. The van der Waals surface area contributed by atoms with E-state index in [1.807, 2.05) is 26.0 Å². The van der Waals surface area contributed by atoms with E-state index in [2.05, 4.69) is 6.07 Å². The molecule has 5 rings (SSSR count). The van der Waals surface area contributed by atoms with Crippen LogP contribution >= 0.6 is 11.6 Å². The maximum atomic E-state index is 13.6. The summed E-state index contributed by atoms with van der Waals surface area (Å²) < 4.78 is 19.3. The van der Waals surface area contributed by atoms with Gasteiger partial charge in [-0.05, 0) is 73.7 Å². The first kappa shape index (κ1) is 27.9. The minimum absolute atomic E-state index is 0.0679. The van der Waals surface area contributed by atoms with Crippen LogP contribution in [-0.2, 0) is 11.4 Å². The Balaban J connectivity index is 1.66. The highest BCUT2D eigenvalue weighted by Crippen LogP contribution is 2.49. The third-order valence-electron chi connectivity index (χ3n) is 7.51. The smallest absolute Gasteiger partial charge is 0.271 e. The van der Waals surface area contributed by atoms with Gasteiger partial charge in [-0.25, -0.2) is 4.39 Å². The van der Waals surface area contributed by atoms with Gasteiger partial charge in [0.05, 0.1) is 33.2 Å². The molecule has 208 valence electrons. The molecular formula is C31H26ClFN4O4. The normalized spacial score (nSPS) is 16.9. The van der Waals surface area contributed by atoms with Crippen LogP contribution in [0.3, 0.4) is 0 Å². The topological polar surface area (TPSA) is 122 Å². The Kier molecular flexibility index (Phi) is 7.52. The van der Waals surface area contributed by atoms with Crippen molar-refractivity contribution in [3.63, 3.8) is 0 Å². The second kappa shape index (κ2) is 11.1. The number of hydrogen-bond donors (Lipinski definition) is 1. The van der Waals surface area contributed by atoms with E-state index in [4.69, 9.17) is 22.1 Å². The number of halogens is 2. The molecule has 0 bridgehead atoms. The molecule has 8 nitrogen and oxygen atoms in total. The summed E-state index contributed by atoms with van der Waals surface area (Å²) in [6.45, 7) is 4.01. The van der Waals surface area contributed by atoms with Gasteiger partial charge in [-0.3, -0.25) is 19.8 Å². The van der Waals surface area contributed by atoms with E-state index in [1.54, 1.807) is 12.1 Å². The summed E-state index contributed by atoms with van der Waals surface area (Å²) in [4.78, 5) is 26.1. The first-order valence-corrected chi connectivity index (χ1v) is 13.4. The van der Waals surface area contributed by atoms with E-state index in [1.165, 1.54) is 35.2 Å². The molecule has 3 aromatic rings. The van der Waals surface area contributed by atoms with Crippen molar-refractivity contribution in [2.75, 3.05) is 4.90 Å². The zero-order chi connectivity index (χ0) is 29.4. The van der Waals surface area contributed by atoms with Crippen LogP contribution in [-0.4, -0.2) is 10.7 Å². The highest BCUT2D eigenvalue weighted by Gasteiger charge is 2.41. The quantitative estimate of drug-likeness (QED) is 0.252. The van der Waals surface area contributed by atoms with Crippen molar-refractivity contribution in [2.24, 2.45) is 5.73 Å². The molecule has 0 fully saturated rings. The zero-order valence-electron chi connectivity index (χ0n) is 22.4. The number of carbonyl (C=O) groups excluding carboxylic acids is 1. The van der Waals surface area contributed by atoms with Gasteiger partial charge in [-0.1, -0.05) is 29.3 Å². The second-order valence-corrected chi connectivity index (χ2v) is 10.5. The van der Waals surface area contributed by atoms with Gasteiger partial charge in [-0.15, -0.1) is 0 Å². The predicted molar refractivity (Wildman–Crippen MR) is 153 cm³/mol. The fourth-order valence-electron chi connectivity index (χ4n) is 5.56. The summed E-state index contributed by atoms with van der Waals surface area (Å²) in [5, 5.41) is 22.1. The molecule has 41 heavy (non-hydrogen) atoms. The van der Waals surface area contributed by atoms with E-state index < -0.39 is 10.8 Å². The number of ether oxygens (including phenoxy) is 1. The average Bonchev–Trinajstić information content (AvgIpc) is 2.94. The molecule has 2 aliphatic rings. The van der Waals surface area contributed by atoms with Crippen LogP contribution in [0.5, 0.6) is 5.75 Å². The molecule has 2 N–H and O–H groups in total. The van der Waals surface area contributed by atoms with Gasteiger partial charge < -0.3 is 10.5 Å². The van der Waals surface area contributed by atoms with Gasteiger partial charge >= 0.3 is 0 Å². The van der Waals surface area contributed by atoms with E-state index >= 15 is 0 Å². The first-order chi connectivity index (χ1) is 19.6. The molecule has 1 unspecified atom stereocenters. The maximum absolute atomic E-state index is 13.6. The highest BCUT2D eigenvalue weighted by atomic mass is 35.5. The number of ketones is 1. The van der Waals surface area contributed by atoms with Crippen molar-refractivity contribution in [1.29, 1.82) is 5.26 Å². The van der Waals surface area contributed by atoms with Gasteiger partial charge in [0.1, 0.15) is 24.0 Å². The number of allylic oxidation sites excluding steroid dienone is 3. The summed E-state index contributed by atoms with van der Waals surface area (Å²) in [6, 6.07) is 15.9. The number of aryl methyl sites for hydroxylation is 1. The fourth-order valence-corrected chi connectivity index (χ4v) is 5.77. The van der Waals surface area contributed by atoms with Crippen molar-refractivity contribution in [2.45, 2.75) is 45.6 Å². The van der Waals surface area contributed by atoms with E-state index in [0.29, 0.717) is 36.3 Å². The summed E-state index contributed by atoms with van der Waals surface area (Å²) in [5.74, 6) is -0.642. The number of nitrogens with zero attached hydrogens (tertiary/aromatic N) is 3. The Hall–Kier alpha value is -4.68. The molecule has 0 aromatic heterocycles. The van der Waals surface area contributed by atoms with Crippen LogP contribution in [0.2, 0.25) is 5.02 Å². The summed E-state index contributed by atoms with van der Waals surface area (Å²) in [6.07, 6.45) is 1.34. The molecule has 3 aromatic carbocycles. The van der Waals surface area contributed by atoms with Gasteiger partial charge in [0.25, 0.3) is 5.69 Å². The van der Waals surface area contributed by atoms with E-state index in [0.717, 1.165) is 22.3 Å². The number of non-ortho nitro benzene ring substituents is 1. The van der Waals surface area contributed by atoms with Crippen molar-refractivity contribution >= 4 is 28.8 Å². The number of anilines is 1. The second-order valence-electron chi connectivity index (χ2n) is 10.1. The third-order valence-corrected chi connectivity index (χ3v) is 7.83. The van der Waals surface area contributed by atoms with Crippen molar-refractivity contribution in [3.8, 4) is 11.8 Å². The van der Waals surface area contributed by atoms with Crippen molar-refractivity contribution in [3.05, 3.63) is 120 Å². The molecule has 1 aliphatic heterocycles. The highest BCUT2D eigenvalue weighted by molar-refractivity contribution is 6.33. The van der Waals surface area contributed by atoms with E-state index in [9.17, 15) is 24.6 Å². The Morgan fingerprint density at radius 1 is 1.17 bits per heavy atom. The Morgan fingerprint density at radius 2 is 1.90 bits per heavy atom. The van der Waals surface area contributed by atoms with Gasteiger partial charge in [0, 0.05) is 29.8 Å². The SMILES string of the molecule is Cc1cc(COc2ccc(F)cc2)c(C)c(C2C(C#N)=C(N)N(c3cc([N+](=O)[O-])ccc3Cl)C3=C2C(=O)CCC3)c1. The lowest BCUT2D eigenvalue weighted by atomic mass is 9.73. The lowest BCUT2D eigenvalue weighted by Crippen LogP contribution is -2.39. The largest absolute Gasteiger partial charge is 0.489 e. The summed E-state index contributed by atoms with van der Waals surface area (Å²) >= 11 is 6.50. The zero-order valence-corrected chi connectivity index (χ0v) is 23.2. The molecule has 0 saturated heterocycles. The number of nitro groups is 1. The molecule has 10 heteroatoms. The van der Waals surface area contributed by atoms with Crippen molar-refractivity contribution in [1.82, 2.24) is 0 Å². The molecule has 1 aliphatic carbocycles. The summed E-state index contributed by atoms with van der Waals surface area (Å²) in [5.41, 5.74) is 11.2. The van der Waals surface area contributed by atoms with Crippen LogP contribution in [0.15, 0.2) is 77.3 Å². The Bertz CT molecular complexity index is 1690. The third kappa shape index (κ3) is 5.14. The molecule has 1 atom stereocenters. The average molecular weight is 573 g/mol. The number of nitro benzene ring substituents is 1. The minimum atomic E-state index is -0.735. The van der Waals surface area contributed by atoms with Crippen LogP contribution < -0.4 is 15.4 Å². The predicted octanol–water partition coefficient (Wildman–Crippen LogP) is 6.89. The van der Waals surface area contributed by atoms with Crippen LogP contribution in [0.1, 0.15) is 47.4 Å². The number of rotatable bonds is 6. The minimum Gasteiger partial charge on any atom is -0.489 e. The molecule has 0 radical (unpaired) electrons. The number of benzene rings is 3. The van der Waals surface area contributed by atoms with Crippen LogP contribution in [0.4, 0.5) is 15.8 Å². The fraction of sp³-hybridized carbons (Fsp3) is 0.226. The number of carbonyl (C=O) groups is 1. The monoisotopic (exact) mass is 572 g/mol. The van der Waals surface area contributed by atoms with Gasteiger partial charge in [0.15, 0.2) is 5.78 Å². The van der Waals surface area contributed by atoms with Gasteiger partial charge in [0.2, 0.25) is 0 Å². The molecule has 0 saturated carbocycles. The number of nitriles is 1.